The third-order valence-corrected chi connectivity index (χ3v) is 12.5. The molecule has 0 aliphatic carbocycles. The van der Waals surface area contributed by atoms with Crippen LogP contribution in [0.3, 0.4) is 0 Å². The van der Waals surface area contributed by atoms with E-state index in [1.54, 1.807) is 0 Å². The van der Waals surface area contributed by atoms with Crippen LogP contribution in [0.15, 0.2) is 212 Å². The first-order valence-electron chi connectivity index (χ1n) is 21.0. The summed E-state index contributed by atoms with van der Waals surface area (Å²) in [7, 11) is 0. The van der Waals surface area contributed by atoms with Gasteiger partial charge in [0.1, 0.15) is 0 Å². The van der Waals surface area contributed by atoms with Gasteiger partial charge in [0.2, 0.25) is 0 Å². The smallest absolute Gasteiger partial charge is 0.164 e. The summed E-state index contributed by atoms with van der Waals surface area (Å²) in [5, 5.41) is 11.1. The minimum absolute atomic E-state index is 0.644. The largest absolute Gasteiger partial charge is 0.309 e. The van der Waals surface area contributed by atoms with Crippen molar-refractivity contribution in [1.29, 1.82) is 0 Å². The van der Waals surface area contributed by atoms with Gasteiger partial charge in [-0.25, -0.2) is 15.0 Å². The first-order chi connectivity index (χ1) is 30.7. The zero-order valence-corrected chi connectivity index (χ0v) is 33.4. The van der Waals surface area contributed by atoms with Crippen LogP contribution in [0.2, 0.25) is 0 Å². The van der Waals surface area contributed by atoms with E-state index in [1.807, 2.05) is 18.2 Å². The molecule has 13 rings (SSSR count). The molecule has 0 saturated carbocycles. The molecule has 0 radical (unpaired) electrons. The lowest BCUT2D eigenvalue weighted by atomic mass is 10.00. The van der Waals surface area contributed by atoms with E-state index in [2.05, 4.69) is 203 Å². The van der Waals surface area contributed by atoms with Gasteiger partial charge in [0.25, 0.3) is 0 Å². The third kappa shape index (κ3) is 5.25. The molecule has 5 heteroatoms. The fourth-order valence-electron chi connectivity index (χ4n) is 9.71. The van der Waals surface area contributed by atoms with E-state index in [1.165, 1.54) is 43.7 Å². The summed E-state index contributed by atoms with van der Waals surface area (Å²) in [5.74, 6) is 0.650. The second-order valence-electron chi connectivity index (χ2n) is 16.0. The van der Waals surface area contributed by atoms with Gasteiger partial charge < -0.3 is 9.13 Å². The van der Waals surface area contributed by atoms with Crippen molar-refractivity contribution in [2.75, 3.05) is 0 Å². The second kappa shape index (κ2) is 13.6. The Morgan fingerprint density at radius 2 is 0.790 bits per heavy atom. The topological polar surface area (TPSA) is 48.5 Å². The first-order valence-corrected chi connectivity index (χ1v) is 21.0. The molecule has 62 heavy (non-hydrogen) atoms. The highest BCUT2D eigenvalue weighted by molar-refractivity contribution is 6.25. The van der Waals surface area contributed by atoms with E-state index < -0.39 is 0 Å². The van der Waals surface area contributed by atoms with Gasteiger partial charge in [-0.1, -0.05) is 164 Å². The Morgan fingerprint density at radius 1 is 0.274 bits per heavy atom. The van der Waals surface area contributed by atoms with E-state index in [4.69, 9.17) is 15.0 Å². The highest BCUT2D eigenvalue weighted by Crippen LogP contribution is 2.42. The normalized spacial score (nSPS) is 11.9. The van der Waals surface area contributed by atoms with Crippen LogP contribution in [0.1, 0.15) is 0 Å². The van der Waals surface area contributed by atoms with Gasteiger partial charge in [0.15, 0.2) is 17.1 Å². The van der Waals surface area contributed by atoms with Crippen LogP contribution in [0.5, 0.6) is 0 Å². The summed E-state index contributed by atoms with van der Waals surface area (Å²) < 4.78 is 4.89. The second-order valence-corrected chi connectivity index (χ2v) is 16.0. The number of benzene rings is 9. The Labute approximate surface area is 356 Å². The standard InChI is InChI=1S/C57H35N5/c1-4-16-36(17-5-1)38-28-30-45-44-24-14-15-27-51(44)61(52(45)34-38)41-29-31-46-50-33-39-32-49(54(50)62(53(46)35-41)40-20-8-3-9-21-40)43-23-11-13-26-48(43)57-59-55(37-18-6-2-7-19-37)58-56(60-57)47-25-12-10-22-42(39)47/h1-35H. The number of nitrogens with zero attached hydrogens (tertiary/aromatic N) is 5. The summed E-state index contributed by atoms with van der Waals surface area (Å²) in [6.07, 6.45) is 0. The number of rotatable bonds is 4. The Morgan fingerprint density at radius 3 is 1.52 bits per heavy atom. The van der Waals surface area contributed by atoms with E-state index in [0.29, 0.717) is 17.1 Å². The van der Waals surface area contributed by atoms with E-state index in [9.17, 15) is 0 Å². The Bertz CT molecular complexity index is 3960. The van der Waals surface area contributed by atoms with Crippen LogP contribution in [0.4, 0.5) is 0 Å². The molecular formula is C57H35N5. The molecular weight excluding hydrogens is 755 g/mol. The van der Waals surface area contributed by atoms with Gasteiger partial charge in [0.05, 0.1) is 22.1 Å². The fraction of sp³-hybridized carbons (Fsp3) is 0. The average molecular weight is 790 g/mol. The number of para-hydroxylation sites is 2. The van der Waals surface area contributed by atoms with Gasteiger partial charge in [0, 0.05) is 54.6 Å². The van der Waals surface area contributed by atoms with Crippen LogP contribution in [-0.2, 0) is 0 Å². The third-order valence-electron chi connectivity index (χ3n) is 12.5. The predicted molar refractivity (Wildman–Crippen MR) is 258 cm³/mol. The summed E-state index contributed by atoms with van der Waals surface area (Å²) in [5.41, 5.74) is 11.4. The Hall–Kier alpha value is -8.41. The summed E-state index contributed by atoms with van der Waals surface area (Å²) in [6, 6.07) is 76.1. The van der Waals surface area contributed by atoms with Crippen molar-refractivity contribution in [3.8, 4) is 33.9 Å². The average Bonchev–Trinajstić information content (AvgIpc) is 3.86. The molecule has 0 fully saturated rings. The number of hydrogen-bond acceptors (Lipinski definition) is 3. The molecule has 9 aromatic carbocycles. The van der Waals surface area contributed by atoms with Gasteiger partial charge >= 0.3 is 0 Å². The molecule has 0 aliphatic heterocycles. The first kappa shape index (κ1) is 34.5. The molecule has 13 aromatic rings. The monoisotopic (exact) mass is 789 g/mol. The molecule has 4 heterocycles. The molecule has 4 aromatic heterocycles. The minimum Gasteiger partial charge on any atom is -0.309 e. The molecule has 0 spiro atoms. The lowest BCUT2D eigenvalue weighted by Crippen LogP contribution is -1.97. The molecule has 0 saturated heterocycles. The van der Waals surface area contributed by atoms with Crippen molar-refractivity contribution in [2.45, 2.75) is 0 Å². The van der Waals surface area contributed by atoms with Crippen LogP contribution < -0.4 is 0 Å². The zero-order chi connectivity index (χ0) is 40.7. The molecule has 0 amide bonds. The van der Waals surface area contributed by atoms with Crippen LogP contribution in [-0.4, -0.2) is 24.1 Å². The fourth-order valence-corrected chi connectivity index (χ4v) is 9.71. The number of hydrogen-bond donors (Lipinski definition) is 0. The number of aromatic nitrogens is 5. The van der Waals surface area contributed by atoms with Crippen LogP contribution in [0, 0.1) is 0 Å². The SMILES string of the molecule is c1ccc(-c2ccc3c4ccccc4n(-c4ccc5c6cc7cc(c8ccccc8c8nc(-c9ccccc9)nc(n8)c8ccccc78)c6n(-c6ccccc6)c5c4)c3c2)cc1. The van der Waals surface area contributed by atoms with Gasteiger partial charge in [-0.2, -0.15) is 0 Å². The molecule has 0 N–H and O–H groups in total. The molecule has 0 aliphatic rings. The van der Waals surface area contributed by atoms with E-state index in [0.717, 1.165) is 60.3 Å². The number of fused-ring (bicyclic) bond motifs is 17. The Balaban J connectivity index is 1.20. The van der Waals surface area contributed by atoms with Gasteiger partial charge in [-0.15, -0.1) is 0 Å². The van der Waals surface area contributed by atoms with E-state index in [-0.39, 0.29) is 0 Å². The molecule has 288 valence electrons. The van der Waals surface area contributed by atoms with Crippen molar-refractivity contribution in [2.24, 2.45) is 0 Å². The van der Waals surface area contributed by atoms with Crippen molar-refractivity contribution in [1.82, 2.24) is 24.1 Å². The maximum atomic E-state index is 5.24. The molecule has 0 unspecified atom stereocenters. The van der Waals surface area contributed by atoms with E-state index >= 15 is 0 Å². The lowest BCUT2D eigenvalue weighted by Gasteiger charge is -2.13. The van der Waals surface area contributed by atoms with Crippen molar-refractivity contribution in [3.63, 3.8) is 0 Å². The summed E-state index contributed by atoms with van der Waals surface area (Å²) in [4.78, 5) is 15.6. The summed E-state index contributed by atoms with van der Waals surface area (Å²) >= 11 is 0. The predicted octanol–water partition coefficient (Wildman–Crippen LogP) is 14.6. The van der Waals surface area contributed by atoms with Crippen LogP contribution in [0.25, 0.3) is 121 Å². The van der Waals surface area contributed by atoms with Crippen LogP contribution >= 0.6 is 0 Å². The molecule has 5 nitrogen and oxygen atoms in total. The Kier molecular flexibility index (Phi) is 7.54. The molecule has 0 atom stereocenters. The lowest BCUT2D eigenvalue weighted by molar-refractivity contribution is 1.16. The minimum atomic E-state index is 0.644. The zero-order valence-electron chi connectivity index (χ0n) is 33.4. The maximum Gasteiger partial charge on any atom is 0.164 e. The molecule has 4 bridgehead atoms. The van der Waals surface area contributed by atoms with Crippen molar-refractivity contribution < 1.29 is 0 Å². The van der Waals surface area contributed by atoms with Gasteiger partial charge in [-0.3, -0.25) is 0 Å². The quantitative estimate of drug-likeness (QED) is 0.178. The summed E-state index contributed by atoms with van der Waals surface area (Å²) in [6.45, 7) is 0. The van der Waals surface area contributed by atoms with Gasteiger partial charge in [-0.05, 0) is 75.8 Å². The maximum absolute atomic E-state index is 5.24. The van der Waals surface area contributed by atoms with Crippen molar-refractivity contribution >= 4 is 87.2 Å². The highest BCUT2D eigenvalue weighted by atomic mass is 15.0. The van der Waals surface area contributed by atoms with Crippen molar-refractivity contribution in [3.05, 3.63) is 212 Å². The highest BCUT2D eigenvalue weighted by Gasteiger charge is 2.20.